The van der Waals surface area contributed by atoms with Crippen molar-refractivity contribution in [2.45, 2.75) is 0 Å². The molecule has 1 aromatic heterocycles. The number of amides is 2. The predicted octanol–water partition coefficient (Wildman–Crippen LogP) is 0.396. The molecule has 0 saturated carbocycles. The molecular weight excluding hydrogens is 130 g/mol. The molecule has 0 aliphatic carbocycles. The van der Waals surface area contributed by atoms with Crippen LogP contribution in [0.25, 0.3) is 0 Å². The number of urea groups is 1. The highest BCUT2D eigenvalue weighted by Crippen LogP contribution is 2.01. The first-order chi connectivity index (χ1) is 4.79. The molecule has 0 bridgehead atoms. The second-order valence-corrected chi connectivity index (χ2v) is 1.66. The zero-order valence-electron chi connectivity index (χ0n) is 5.19. The van der Waals surface area contributed by atoms with Crippen LogP contribution in [0.4, 0.5) is 10.5 Å². The molecule has 1 aromatic rings. The third kappa shape index (κ3) is 1.74. The van der Waals surface area contributed by atoms with Crippen molar-refractivity contribution < 1.29 is 4.79 Å². The van der Waals surface area contributed by atoms with Gasteiger partial charge in [0.25, 0.3) is 0 Å². The predicted molar refractivity (Wildman–Crippen MR) is 35.6 cm³/mol. The van der Waals surface area contributed by atoms with E-state index >= 15 is 0 Å². The van der Waals surface area contributed by atoms with E-state index in [2.05, 4.69) is 10.3 Å². The summed E-state index contributed by atoms with van der Waals surface area (Å²) in [7, 11) is 0. The minimum Gasteiger partial charge on any atom is -0.350 e. The van der Waals surface area contributed by atoms with E-state index in [0.29, 0.717) is 5.69 Å². The van der Waals surface area contributed by atoms with Crippen LogP contribution in [0.1, 0.15) is 0 Å². The van der Waals surface area contributed by atoms with Crippen LogP contribution >= 0.6 is 0 Å². The fraction of sp³-hybridized carbons (Fsp3) is 0. The molecule has 10 heavy (non-hydrogen) atoms. The molecule has 2 amide bonds. The SMILES string of the molecule is NC(=O)[N]c1ccncc1. The number of carbonyl (C=O) groups is 1. The van der Waals surface area contributed by atoms with E-state index in [1.54, 1.807) is 24.5 Å². The normalized spacial score (nSPS) is 8.80. The van der Waals surface area contributed by atoms with Gasteiger partial charge in [-0.15, -0.1) is 0 Å². The van der Waals surface area contributed by atoms with Gasteiger partial charge in [-0.05, 0) is 12.1 Å². The average Bonchev–Trinajstić information content (AvgIpc) is 1.88. The zero-order chi connectivity index (χ0) is 7.40. The van der Waals surface area contributed by atoms with Crippen molar-refractivity contribution in [2.75, 3.05) is 0 Å². The van der Waals surface area contributed by atoms with Gasteiger partial charge >= 0.3 is 6.03 Å². The van der Waals surface area contributed by atoms with E-state index in [1.807, 2.05) is 0 Å². The Bertz CT molecular complexity index is 222. The number of nitrogens with zero attached hydrogens (tertiary/aromatic N) is 2. The van der Waals surface area contributed by atoms with Crippen LogP contribution in [-0.2, 0) is 0 Å². The number of primary amides is 1. The Morgan fingerprint density at radius 2 is 2.10 bits per heavy atom. The van der Waals surface area contributed by atoms with Crippen LogP contribution in [-0.4, -0.2) is 11.0 Å². The Morgan fingerprint density at radius 3 is 2.60 bits per heavy atom. The lowest BCUT2D eigenvalue weighted by atomic mass is 10.4. The van der Waals surface area contributed by atoms with Crippen LogP contribution in [0.15, 0.2) is 24.5 Å². The van der Waals surface area contributed by atoms with Crippen molar-refractivity contribution in [3.8, 4) is 0 Å². The largest absolute Gasteiger partial charge is 0.350 e. The zero-order valence-corrected chi connectivity index (χ0v) is 5.19. The maximum absolute atomic E-state index is 10.2. The van der Waals surface area contributed by atoms with Gasteiger partial charge in [0.05, 0.1) is 5.69 Å². The van der Waals surface area contributed by atoms with E-state index in [4.69, 9.17) is 5.73 Å². The lowest BCUT2D eigenvalue weighted by Gasteiger charge is -1.93. The van der Waals surface area contributed by atoms with Gasteiger partial charge in [0.1, 0.15) is 0 Å². The summed E-state index contributed by atoms with van der Waals surface area (Å²) in [6, 6.07) is 2.52. The number of hydrogen-bond donors (Lipinski definition) is 1. The smallest absolute Gasteiger partial charge is 0.338 e. The lowest BCUT2D eigenvalue weighted by Crippen LogP contribution is -2.18. The molecule has 0 fully saturated rings. The van der Waals surface area contributed by atoms with E-state index in [0.717, 1.165) is 0 Å². The fourth-order valence-electron chi connectivity index (χ4n) is 0.546. The summed E-state index contributed by atoms with van der Waals surface area (Å²) in [5.41, 5.74) is 5.33. The highest BCUT2D eigenvalue weighted by atomic mass is 16.2. The van der Waals surface area contributed by atoms with Crippen LogP contribution in [0.5, 0.6) is 0 Å². The van der Waals surface area contributed by atoms with Crippen LogP contribution in [0, 0.1) is 0 Å². The third-order valence-corrected chi connectivity index (χ3v) is 0.902. The van der Waals surface area contributed by atoms with E-state index in [-0.39, 0.29) is 0 Å². The number of rotatable bonds is 1. The number of nitrogens with two attached hydrogens (primary N) is 1. The molecular formula is C6H6N3O. The number of aromatic nitrogens is 1. The van der Waals surface area contributed by atoms with Crippen molar-refractivity contribution in [1.82, 2.24) is 10.3 Å². The second kappa shape index (κ2) is 2.82. The Kier molecular flexibility index (Phi) is 1.84. The summed E-state index contributed by atoms with van der Waals surface area (Å²) in [5, 5.41) is 3.46. The molecule has 0 aliphatic rings. The number of pyridine rings is 1. The highest BCUT2D eigenvalue weighted by Gasteiger charge is 1.94. The quantitative estimate of drug-likeness (QED) is 0.606. The van der Waals surface area contributed by atoms with E-state index < -0.39 is 6.03 Å². The maximum Gasteiger partial charge on any atom is 0.338 e. The van der Waals surface area contributed by atoms with E-state index in [9.17, 15) is 4.79 Å². The molecule has 0 atom stereocenters. The third-order valence-electron chi connectivity index (χ3n) is 0.902. The Hall–Kier alpha value is -1.58. The van der Waals surface area contributed by atoms with Crippen molar-refractivity contribution in [1.29, 1.82) is 0 Å². The molecule has 1 rings (SSSR count). The molecule has 0 unspecified atom stereocenters. The first-order valence-corrected chi connectivity index (χ1v) is 2.70. The number of hydrogen-bond acceptors (Lipinski definition) is 2. The molecule has 1 heterocycles. The molecule has 2 N–H and O–H groups in total. The first-order valence-electron chi connectivity index (χ1n) is 2.70. The Labute approximate surface area is 58.1 Å². The minimum absolute atomic E-state index is 0.530. The molecule has 0 saturated heterocycles. The van der Waals surface area contributed by atoms with Gasteiger partial charge in [0, 0.05) is 12.4 Å². The Balaban J connectivity index is 2.67. The summed E-state index contributed by atoms with van der Waals surface area (Å²) in [6.07, 6.45) is 3.09. The monoisotopic (exact) mass is 136 g/mol. The van der Waals surface area contributed by atoms with Gasteiger partial charge in [-0.25, -0.2) is 4.79 Å². The van der Waals surface area contributed by atoms with Gasteiger partial charge < -0.3 is 5.73 Å². The van der Waals surface area contributed by atoms with Gasteiger partial charge in [-0.3, -0.25) is 4.98 Å². The fourth-order valence-corrected chi connectivity index (χ4v) is 0.546. The first kappa shape index (κ1) is 6.54. The molecule has 0 aromatic carbocycles. The summed E-state index contributed by atoms with van der Waals surface area (Å²) >= 11 is 0. The number of carbonyl (C=O) groups excluding carboxylic acids is 1. The lowest BCUT2D eigenvalue weighted by molar-refractivity contribution is 0.252. The summed E-state index contributed by atoms with van der Waals surface area (Å²) in [6.45, 7) is 0. The Morgan fingerprint density at radius 1 is 1.50 bits per heavy atom. The van der Waals surface area contributed by atoms with E-state index in [1.165, 1.54) is 0 Å². The second-order valence-electron chi connectivity index (χ2n) is 1.66. The van der Waals surface area contributed by atoms with Gasteiger partial charge in [-0.2, -0.15) is 5.32 Å². The standard InChI is InChI=1S/C6H6N3O/c7-6(10)9-5-1-3-8-4-2-5/h1-4H,(H2,7,10). The van der Waals surface area contributed by atoms with Crippen LogP contribution in [0.3, 0.4) is 0 Å². The van der Waals surface area contributed by atoms with Crippen molar-refractivity contribution in [3.63, 3.8) is 0 Å². The molecule has 4 heteroatoms. The van der Waals surface area contributed by atoms with Crippen molar-refractivity contribution in [3.05, 3.63) is 24.5 Å². The highest BCUT2D eigenvalue weighted by molar-refractivity contribution is 5.76. The summed E-state index contributed by atoms with van der Waals surface area (Å²) in [4.78, 5) is 13.9. The van der Waals surface area contributed by atoms with Gasteiger partial charge in [-0.1, -0.05) is 0 Å². The molecule has 4 nitrogen and oxygen atoms in total. The molecule has 0 spiro atoms. The topological polar surface area (TPSA) is 70.1 Å². The summed E-state index contributed by atoms with van der Waals surface area (Å²) in [5.74, 6) is 0. The minimum atomic E-state index is -0.689. The van der Waals surface area contributed by atoms with Gasteiger partial charge in [0.2, 0.25) is 0 Å². The van der Waals surface area contributed by atoms with Crippen LogP contribution < -0.4 is 11.1 Å². The molecule has 0 aliphatic heterocycles. The van der Waals surface area contributed by atoms with Gasteiger partial charge in [0.15, 0.2) is 0 Å². The van der Waals surface area contributed by atoms with Crippen LogP contribution in [0.2, 0.25) is 0 Å². The van der Waals surface area contributed by atoms with Crippen molar-refractivity contribution in [2.24, 2.45) is 5.73 Å². The van der Waals surface area contributed by atoms with Crippen molar-refractivity contribution >= 4 is 11.7 Å². The molecule has 51 valence electrons. The summed E-state index contributed by atoms with van der Waals surface area (Å²) < 4.78 is 0. The maximum atomic E-state index is 10.2. The average molecular weight is 136 g/mol. The molecule has 1 radical (unpaired) electrons.